The van der Waals surface area contributed by atoms with Crippen LogP contribution in [0.2, 0.25) is 5.02 Å². The molecule has 4 heterocycles. The zero-order valence-corrected chi connectivity index (χ0v) is 19.9. The Bertz CT molecular complexity index is 1250. The van der Waals surface area contributed by atoms with E-state index >= 15 is 0 Å². The summed E-state index contributed by atoms with van der Waals surface area (Å²) in [4.78, 5) is 23.4. The quantitative estimate of drug-likeness (QED) is 0.562. The number of hydrogen-bond acceptors (Lipinski definition) is 5. The van der Waals surface area contributed by atoms with Gasteiger partial charge < -0.3 is 15.0 Å². The lowest BCUT2D eigenvalue weighted by molar-refractivity contribution is -0.141. The number of aromatic nitrogens is 3. The van der Waals surface area contributed by atoms with Gasteiger partial charge in [0, 0.05) is 30.6 Å². The van der Waals surface area contributed by atoms with Gasteiger partial charge in [0.25, 0.3) is 0 Å². The summed E-state index contributed by atoms with van der Waals surface area (Å²) in [6.07, 6.45) is -2.53. The minimum absolute atomic E-state index is 0.0239. The molecule has 2 saturated heterocycles. The first-order chi connectivity index (χ1) is 16.7. The highest BCUT2D eigenvalue weighted by atomic mass is 35.5. The fourth-order valence-electron chi connectivity index (χ4n) is 4.74. The van der Waals surface area contributed by atoms with Crippen molar-refractivity contribution in [1.29, 1.82) is 0 Å². The molecular weight excluding hydrogens is 483 g/mol. The SMILES string of the molecule is Cc1cc(Cl)cc2c1nc(N1CCC(C(=O)NC3CCOC3)CC1)n2-c1cccc(C(F)(F)F)n1. The average Bonchev–Trinajstić information content (AvgIpc) is 3.46. The van der Waals surface area contributed by atoms with Crippen LogP contribution < -0.4 is 10.2 Å². The van der Waals surface area contributed by atoms with Crippen LogP contribution in [0.3, 0.4) is 0 Å². The molecule has 7 nitrogen and oxygen atoms in total. The third-order valence-electron chi connectivity index (χ3n) is 6.58. The smallest absolute Gasteiger partial charge is 0.379 e. The van der Waals surface area contributed by atoms with E-state index in [1.165, 1.54) is 12.1 Å². The maximum absolute atomic E-state index is 13.4. The van der Waals surface area contributed by atoms with Gasteiger partial charge in [-0.15, -0.1) is 0 Å². The van der Waals surface area contributed by atoms with Gasteiger partial charge in [-0.2, -0.15) is 13.2 Å². The first kappa shape index (κ1) is 23.9. The predicted molar refractivity (Wildman–Crippen MR) is 126 cm³/mol. The maximum Gasteiger partial charge on any atom is 0.433 e. The van der Waals surface area contributed by atoms with Crippen LogP contribution in [-0.4, -0.2) is 52.8 Å². The van der Waals surface area contributed by atoms with Crippen LogP contribution in [0.15, 0.2) is 30.3 Å². The number of anilines is 1. The molecule has 2 fully saturated rings. The molecule has 3 aromatic rings. The van der Waals surface area contributed by atoms with E-state index in [0.717, 1.165) is 18.1 Å². The number of carbonyl (C=O) groups excluding carboxylic acids is 1. The molecule has 2 aromatic heterocycles. The van der Waals surface area contributed by atoms with E-state index in [1.54, 1.807) is 16.7 Å². The van der Waals surface area contributed by atoms with Crippen molar-refractivity contribution in [2.24, 2.45) is 5.92 Å². The number of benzene rings is 1. The zero-order valence-electron chi connectivity index (χ0n) is 19.1. The van der Waals surface area contributed by atoms with Crippen molar-refractivity contribution in [1.82, 2.24) is 19.9 Å². The monoisotopic (exact) mass is 507 g/mol. The normalized spacial score (nSPS) is 19.5. The number of piperidine rings is 1. The van der Waals surface area contributed by atoms with Crippen LogP contribution >= 0.6 is 11.6 Å². The molecule has 0 spiro atoms. The number of hydrogen-bond donors (Lipinski definition) is 1. The molecule has 186 valence electrons. The largest absolute Gasteiger partial charge is 0.433 e. The Hall–Kier alpha value is -2.85. The predicted octanol–water partition coefficient (Wildman–Crippen LogP) is 4.52. The lowest BCUT2D eigenvalue weighted by atomic mass is 9.95. The fourth-order valence-corrected chi connectivity index (χ4v) is 5.01. The Kier molecular flexibility index (Phi) is 6.35. The van der Waals surface area contributed by atoms with E-state index in [1.807, 2.05) is 11.8 Å². The van der Waals surface area contributed by atoms with E-state index in [9.17, 15) is 18.0 Å². The first-order valence-electron chi connectivity index (χ1n) is 11.6. The number of rotatable bonds is 4. The molecule has 0 radical (unpaired) electrons. The van der Waals surface area contributed by atoms with Gasteiger partial charge in [-0.05, 0) is 56.0 Å². The molecule has 2 aliphatic heterocycles. The number of nitrogens with one attached hydrogen (secondary N) is 1. The highest BCUT2D eigenvalue weighted by Gasteiger charge is 2.34. The summed E-state index contributed by atoms with van der Waals surface area (Å²) in [7, 11) is 0. The Balaban J connectivity index is 1.47. The summed E-state index contributed by atoms with van der Waals surface area (Å²) >= 11 is 6.30. The molecule has 1 aromatic carbocycles. The van der Waals surface area contributed by atoms with E-state index in [0.29, 0.717) is 61.1 Å². The topological polar surface area (TPSA) is 72.3 Å². The van der Waals surface area contributed by atoms with Gasteiger partial charge in [-0.1, -0.05) is 17.7 Å². The van der Waals surface area contributed by atoms with Gasteiger partial charge in [0.2, 0.25) is 11.9 Å². The lowest BCUT2D eigenvalue weighted by Gasteiger charge is -2.32. The van der Waals surface area contributed by atoms with Gasteiger partial charge in [0.1, 0.15) is 11.5 Å². The summed E-state index contributed by atoms with van der Waals surface area (Å²) in [5, 5.41) is 3.52. The summed E-state index contributed by atoms with van der Waals surface area (Å²) in [6, 6.07) is 7.33. The van der Waals surface area contributed by atoms with Gasteiger partial charge in [0.15, 0.2) is 0 Å². The molecule has 0 saturated carbocycles. The molecule has 5 rings (SSSR count). The summed E-state index contributed by atoms with van der Waals surface area (Å²) in [6.45, 7) is 4.13. The van der Waals surface area contributed by atoms with Gasteiger partial charge >= 0.3 is 6.18 Å². The molecule has 0 bridgehead atoms. The molecule has 2 aliphatic rings. The van der Waals surface area contributed by atoms with Gasteiger partial charge in [-0.3, -0.25) is 9.36 Å². The molecule has 35 heavy (non-hydrogen) atoms. The highest BCUT2D eigenvalue weighted by molar-refractivity contribution is 6.31. The van der Waals surface area contributed by atoms with Crippen molar-refractivity contribution in [3.8, 4) is 5.82 Å². The number of halogens is 4. The number of alkyl halides is 3. The number of amides is 1. The molecule has 11 heteroatoms. The standard InChI is InChI=1S/C24H25ClF3N5O2/c1-14-11-16(25)12-18-21(14)31-23(33(18)20-4-2-3-19(30-20)24(26,27)28)32-8-5-15(6-9-32)22(34)29-17-7-10-35-13-17/h2-4,11-12,15,17H,5-10,13H2,1H3,(H,29,34). The number of pyridine rings is 1. The van der Waals surface area contributed by atoms with E-state index < -0.39 is 11.9 Å². The summed E-state index contributed by atoms with van der Waals surface area (Å²) in [5.41, 5.74) is 1.06. The second-order valence-electron chi connectivity index (χ2n) is 9.05. The second kappa shape index (κ2) is 9.31. The number of fused-ring (bicyclic) bond motifs is 1. The number of aryl methyl sites for hydroxylation is 1. The van der Waals surface area contributed by atoms with E-state index in [-0.39, 0.29) is 23.7 Å². The van der Waals surface area contributed by atoms with Gasteiger partial charge in [0.05, 0.1) is 23.7 Å². The van der Waals surface area contributed by atoms with Crippen LogP contribution in [0.25, 0.3) is 16.9 Å². The number of nitrogens with zero attached hydrogens (tertiary/aromatic N) is 4. The van der Waals surface area contributed by atoms with E-state index in [2.05, 4.69) is 10.3 Å². The van der Waals surface area contributed by atoms with Crippen molar-refractivity contribution in [2.75, 3.05) is 31.2 Å². The third kappa shape index (κ3) is 4.81. The van der Waals surface area contributed by atoms with Gasteiger partial charge in [-0.25, -0.2) is 9.97 Å². The van der Waals surface area contributed by atoms with Crippen molar-refractivity contribution in [2.45, 2.75) is 38.4 Å². The fraction of sp³-hybridized carbons (Fsp3) is 0.458. The van der Waals surface area contributed by atoms with Crippen molar-refractivity contribution in [3.63, 3.8) is 0 Å². The van der Waals surface area contributed by atoms with Crippen molar-refractivity contribution < 1.29 is 22.7 Å². The van der Waals surface area contributed by atoms with Crippen LogP contribution in [0.1, 0.15) is 30.5 Å². The zero-order chi connectivity index (χ0) is 24.7. The Labute approximate surface area is 205 Å². The average molecular weight is 508 g/mol. The third-order valence-corrected chi connectivity index (χ3v) is 6.79. The van der Waals surface area contributed by atoms with Crippen LogP contribution in [0.4, 0.5) is 19.1 Å². The molecule has 0 aliphatic carbocycles. The van der Waals surface area contributed by atoms with Crippen molar-refractivity contribution in [3.05, 3.63) is 46.6 Å². The molecule has 1 unspecified atom stereocenters. The lowest BCUT2D eigenvalue weighted by Crippen LogP contribution is -2.44. The van der Waals surface area contributed by atoms with E-state index in [4.69, 9.17) is 21.3 Å². The molecule has 1 N–H and O–H groups in total. The molecule has 1 amide bonds. The van der Waals surface area contributed by atoms with Crippen LogP contribution in [0, 0.1) is 12.8 Å². The second-order valence-corrected chi connectivity index (χ2v) is 9.48. The number of carbonyl (C=O) groups is 1. The summed E-state index contributed by atoms with van der Waals surface area (Å²) < 4.78 is 47.2. The number of ether oxygens (including phenoxy) is 1. The Morgan fingerprint density at radius 3 is 2.63 bits per heavy atom. The Morgan fingerprint density at radius 1 is 1.17 bits per heavy atom. The van der Waals surface area contributed by atoms with Crippen LogP contribution in [0.5, 0.6) is 0 Å². The molecular formula is C24H25ClF3N5O2. The van der Waals surface area contributed by atoms with Crippen LogP contribution in [-0.2, 0) is 15.7 Å². The summed E-state index contributed by atoms with van der Waals surface area (Å²) in [5.74, 6) is 0.490. The minimum Gasteiger partial charge on any atom is -0.379 e. The minimum atomic E-state index is -4.57. The molecule has 1 atom stereocenters. The maximum atomic E-state index is 13.4. The first-order valence-corrected chi connectivity index (χ1v) is 11.9. The van der Waals surface area contributed by atoms with Crippen molar-refractivity contribution >= 4 is 34.5 Å². The number of imidazole rings is 1. The highest BCUT2D eigenvalue weighted by Crippen LogP contribution is 2.34. The Morgan fingerprint density at radius 2 is 1.94 bits per heavy atom.